The molecule has 0 radical (unpaired) electrons. The number of carbonyl (C=O) groups is 1. The zero-order valence-electron chi connectivity index (χ0n) is 13.8. The van der Waals surface area contributed by atoms with Gasteiger partial charge < -0.3 is 13.8 Å². The third-order valence-corrected chi connectivity index (χ3v) is 5.06. The van der Waals surface area contributed by atoms with Gasteiger partial charge in [0.1, 0.15) is 0 Å². The minimum atomic E-state index is 0.204. The second kappa shape index (κ2) is 6.81. The molecule has 2 saturated heterocycles. The molecule has 2 aliphatic heterocycles. The van der Waals surface area contributed by atoms with E-state index in [0.717, 1.165) is 64.1 Å². The molecule has 2 aromatic heterocycles. The predicted molar refractivity (Wildman–Crippen MR) is 88.0 cm³/mol. The van der Waals surface area contributed by atoms with Crippen LogP contribution in [0.4, 0.5) is 0 Å². The first kappa shape index (κ1) is 15.4. The maximum Gasteiger partial charge on any atom is 0.225 e. The van der Waals surface area contributed by atoms with Crippen molar-refractivity contribution in [3.05, 3.63) is 30.2 Å². The van der Waals surface area contributed by atoms with Crippen molar-refractivity contribution in [1.29, 1.82) is 0 Å². The molecule has 2 aromatic rings. The van der Waals surface area contributed by atoms with Crippen molar-refractivity contribution in [2.75, 3.05) is 26.2 Å². The molecule has 0 atom stereocenters. The van der Waals surface area contributed by atoms with E-state index < -0.39 is 0 Å². The molecule has 0 aromatic carbocycles. The van der Waals surface area contributed by atoms with Crippen molar-refractivity contribution < 1.29 is 13.7 Å². The fraction of sp³-hybridized carbons (Fsp3) is 0.556. The highest BCUT2D eigenvalue weighted by molar-refractivity contribution is 5.79. The molecular formula is C18H23N3O3. The molecule has 0 bridgehead atoms. The second-order valence-corrected chi connectivity index (χ2v) is 6.74. The van der Waals surface area contributed by atoms with Crippen molar-refractivity contribution in [3.63, 3.8) is 0 Å². The summed E-state index contributed by atoms with van der Waals surface area (Å²) in [6.45, 7) is 4.54. The fourth-order valence-electron chi connectivity index (χ4n) is 3.68. The number of hydrogen-bond donors (Lipinski definition) is 0. The van der Waals surface area contributed by atoms with Gasteiger partial charge in [-0.05, 0) is 50.9 Å². The summed E-state index contributed by atoms with van der Waals surface area (Å²) in [7, 11) is 0. The molecule has 0 N–H and O–H groups in total. The Bertz CT molecular complexity index is 666. The van der Waals surface area contributed by atoms with Gasteiger partial charge in [-0.25, -0.2) is 0 Å². The summed E-state index contributed by atoms with van der Waals surface area (Å²) in [5.41, 5.74) is 0.908. The summed E-state index contributed by atoms with van der Waals surface area (Å²) >= 11 is 0. The van der Waals surface area contributed by atoms with Gasteiger partial charge in [-0.15, -0.1) is 0 Å². The molecule has 4 rings (SSSR count). The number of hydrogen-bond acceptors (Lipinski definition) is 5. The third kappa shape index (κ3) is 3.24. The van der Waals surface area contributed by atoms with Crippen molar-refractivity contribution in [1.82, 2.24) is 15.0 Å². The Morgan fingerprint density at radius 2 is 1.96 bits per heavy atom. The number of likely N-dealkylation sites (tertiary alicyclic amines) is 2. The monoisotopic (exact) mass is 329 g/mol. The molecule has 128 valence electrons. The Labute approximate surface area is 141 Å². The highest BCUT2D eigenvalue weighted by Gasteiger charge is 2.30. The van der Waals surface area contributed by atoms with Crippen molar-refractivity contribution in [2.24, 2.45) is 5.92 Å². The Morgan fingerprint density at radius 3 is 2.67 bits per heavy atom. The van der Waals surface area contributed by atoms with E-state index in [1.54, 1.807) is 6.26 Å². The SMILES string of the molecule is O=C(C1CCN(Cc2cc(-c3ccco3)on2)CC1)N1CCCC1. The maximum absolute atomic E-state index is 12.5. The van der Waals surface area contributed by atoms with Gasteiger partial charge in [-0.3, -0.25) is 9.69 Å². The number of nitrogens with zero attached hydrogens (tertiary/aromatic N) is 3. The number of rotatable bonds is 4. The van der Waals surface area contributed by atoms with E-state index in [0.29, 0.717) is 17.4 Å². The Hall–Kier alpha value is -2.08. The van der Waals surface area contributed by atoms with Crippen LogP contribution >= 0.6 is 0 Å². The highest BCUT2D eigenvalue weighted by atomic mass is 16.5. The first-order valence-corrected chi connectivity index (χ1v) is 8.80. The van der Waals surface area contributed by atoms with Gasteiger partial charge in [-0.2, -0.15) is 0 Å². The van der Waals surface area contributed by atoms with Crippen LogP contribution in [0, 0.1) is 5.92 Å². The van der Waals surface area contributed by atoms with Gasteiger partial charge in [0.15, 0.2) is 5.76 Å². The molecule has 1 amide bonds. The predicted octanol–water partition coefficient (Wildman–Crippen LogP) is 2.77. The summed E-state index contributed by atoms with van der Waals surface area (Å²) in [6.07, 6.45) is 5.83. The number of aromatic nitrogens is 1. The molecule has 6 heteroatoms. The Kier molecular flexibility index (Phi) is 4.38. The summed E-state index contributed by atoms with van der Waals surface area (Å²) in [4.78, 5) is 16.9. The van der Waals surface area contributed by atoms with Crippen LogP contribution < -0.4 is 0 Å². The minimum absolute atomic E-state index is 0.204. The summed E-state index contributed by atoms with van der Waals surface area (Å²) < 4.78 is 10.7. The van der Waals surface area contributed by atoms with Crippen LogP contribution in [-0.2, 0) is 11.3 Å². The van der Waals surface area contributed by atoms with Gasteiger partial charge in [0, 0.05) is 31.6 Å². The molecule has 6 nitrogen and oxygen atoms in total. The Morgan fingerprint density at radius 1 is 1.17 bits per heavy atom. The second-order valence-electron chi connectivity index (χ2n) is 6.74. The van der Waals surface area contributed by atoms with Gasteiger partial charge >= 0.3 is 0 Å². The molecule has 0 aliphatic carbocycles. The topological polar surface area (TPSA) is 62.7 Å². The number of amides is 1. The molecule has 2 fully saturated rings. The van der Waals surface area contributed by atoms with Crippen LogP contribution in [0.3, 0.4) is 0 Å². The van der Waals surface area contributed by atoms with Crippen LogP contribution in [0.15, 0.2) is 33.4 Å². The number of carbonyl (C=O) groups excluding carboxylic acids is 1. The minimum Gasteiger partial charge on any atom is -0.461 e. The maximum atomic E-state index is 12.5. The van der Waals surface area contributed by atoms with Crippen LogP contribution in [0.2, 0.25) is 0 Å². The Balaban J connectivity index is 1.29. The van der Waals surface area contributed by atoms with Crippen molar-refractivity contribution in [3.8, 4) is 11.5 Å². The lowest BCUT2D eigenvalue weighted by Crippen LogP contribution is -2.41. The van der Waals surface area contributed by atoms with E-state index >= 15 is 0 Å². The highest BCUT2D eigenvalue weighted by Crippen LogP contribution is 2.25. The first-order valence-electron chi connectivity index (χ1n) is 8.80. The van der Waals surface area contributed by atoms with Gasteiger partial charge in [0.05, 0.1) is 12.0 Å². The summed E-state index contributed by atoms with van der Waals surface area (Å²) in [6, 6.07) is 5.62. The smallest absolute Gasteiger partial charge is 0.225 e. The van der Waals surface area contributed by atoms with Crippen LogP contribution in [0.5, 0.6) is 0 Å². The zero-order chi connectivity index (χ0) is 16.4. The molecule has 4 heterocycles. The van der Waals surface area contributed by atoms with Gasteiger partial charge in [0.25, 0.3) is 0 Å². The van der Waals surface area contributed by atoms with E-state index in [9.17, 15) is 4.79 Å². The quantitative estimate of drug-likeness (QED) is 0.863. The van der Waals surface area contributed by atoms with Crippen molar-refractivity contribution in [2.45, 2.75) is 32.2 Å². The fourth-order valence-corrected chi connectivity index (χ4v) is 3.68. The third-order valence-electron chi connectivity index (χ3n) is 5.06. The van der Waals surface area contributed by atoms with Gasteiger partial charge in [0.2, 0.25) is 11.7 Å². The summed E-state index contributed by atoms with van der Waals surface area (Å²) in [5.74, 6) is 1.93. The lowest BCUT2D eigenvalue weighted by Gasteiger charge is -2.32. The molecule has 0 saturated carbocycles. The van der Waals surface area contributed by atoms with E-state index in [4.69, 9.17) is 8.94 Å². The molecular weight excluding hydrogens is 306 g/mol. The van der Waals surface area contributed by atoms with Crippen molar-refractivity contribution >= 4 is 5.91 Å². The van der Waals surface area contributed by atoms with E-state index in [-0.39, 0.29) is 5.92 Å². The average Bonchev–Trinajstić information content (AvgIpc) is 3.36. The molecule has 0 unspecified atom stereocenters. The average molecular weight is 329 g/mol. The normalized spacial score (nSPS) is 19.9. The lowest BCUT2D eigenvalue weighted by atomic mass is 9.95. The standard InChI is InChI=1S/C18H23N3O3/c22-18(21-7-1-2-8-21)14-5-9-20(10-6-14)13-15-12-17(24-19-15)16-4-3-11-23-16/h3-4,11-12,14H,1-2,5-10,13H2. The van der Waals surface area contributed by atoms with E-state index in [2.05, 4.69) is 10.1 Å². The number of piperidine rings is 1. The zero-order valence-corrected chi connectivity index (χ0v) is 13.8. The lowest BCUT2D eigenvalue weighted by molar-refractivity contribution is -0.136. The van der Waals surface area contributed by atoms with Gasteiger partial charge in [-0.1, -0.05) is 5.16 Å². The van der Waals surface area contributed by atoms with Crippen LogP contribution in [0.1, 0.15) is 31.4 Å². The van der Waals surface area contributed by atoms with Crippen LogP contribution in [0.25, 0.3) is 11.5 Å². The summed E-state index contributed by atoms with van der Waals surface area (Å²) in [5, 5.41) is 4.13. The van der Waals surface area contributed by atoms with E-state index in [1.165, 1.54) is 0 Å². The molecule has 2 aliphatic rings. The van der Waals surface area contributed by atoms with Crippen LogP contribution in [-0.4, -0.2) is 47.0 Å². The first-order chi connectivity index (χ1) is 11.8. The molecule has 0 spiro atoms. The molecule has 24 heavy (non-hydrogen) atoms. The number of furan rings is 1. The largest absolute Gasteiger partial charge is 0.461 e. The van der Waals surface area contributed by atoms with E-state index in [1.807, 2.05) is 23.1 Å².